The third-order valence-electron chi connectivity index (χ3n) is 5.24. The molecule has 2 heterocycles. The Kier molecular flexibility index (Phi) is 4.37. The zero-order valence-corrected chi connectivity index (χ0v) is 15.5. The van der Waals surface area contributed by atoms with Crippen LogP contribution >= 0.6 is 0 Å². The summed E-state index contributed by atoms with van der Waals surface area (Å²) in [5.74, 6) is 2.41. The van der Waals surface area contributed by atoms with Gasteiger partial charge in [0.1, 0.15) is 29.5 Å². The van der Waals surface area contributed by atoms with Crippen LogP contribution in [0.1, 0.15) is 42.2 Å². The molecular weight excluding hydrogens is 328 g/mol. The predicted molar refractivity (Wildman–Crippen MR) is 100 cm³/mol. The van der Waals surface area contributed by atoms with E-state index in [0.717, 1.165) is 52.4 Å². The van der Waals surface area contributed by atoms with Gasteiger partial charge in [-0.1, -0.05) is 36.9 Å². The van der Waals surface area contributed by atoms with E-state index in [1.807, 2.05) is 31.2 Å². The first-order valence-electron chi connectivity index (χ1n) is 8.92. The highest BCUT2D eigenvalue weighted by molar-refractivity contribution is 5.61. The lowest BCUT2D eigenvalue weighted by Gasteiger charge is -2.33. The number of fused-ring (bicyclic) bond motifs is 3. The van der Waals surface area contributed by atoms with Gasteiger partial charge in [-0.2, -0.15) is 0 Å². The number of hydrogen-bond donors (Lipinski definition) is 0. The second-order valence-corrected chi connectivity index (χ2v) is 6.93. The molecule has 0 saturated heterocycles. The SMILES string of the molecule is C=C(C)C1Cc2c(cc(OC)c3c2O[C@H](c2ccccc2)C[C@H]3OC)O1. The average Bonchev–Trinajstić information content (AvgIpc) is 3.11. The molecule has 4 nitrogen and oxygen atoms in total. The summed E-state index contributed by atoms with van der Waals surface area (Å²) in [7, 11) is 3.41. The Morgan fingerprint density at radius 1 is 1.15 bits per heavy atom. The molecule has 2 aliphatic heterocycles. The molecule has 4 rings (SSSR count). The van der Waals surface area contributed by atoms with Crippen LogP contribution < -0.4 is 14.2 Å². The van der Waals surface area contributed by atoms with E-state index < -0.39 is 0 Å². The van der Waals surface area contributed by atoms with Crippen LogP contribution in [0, 0.1) is 0 Å². The molecule has 2 aromatic rings. The average molecular weight is 352 g/mol. The normalized spacial score (nSPS) is 23.4. The lowest BCUT2D eigenvalue weighted by atomic mass is 9.91. The zero-order valence-electron chi connectivity index (χ0n) is 15.5. The summed E-state index contributed by atoms with van der Waals surface area (Å²) in [6.07, 6.45) is 1.33. The minimum absolute atomic E-state index is 0.0251. The lowest BCUT2D eigenvalue weighted by molar-refractivity contribution is 0.0276. The first-order chi connectivity index (χ1) is 12.6. The number of hydrogen-bond acceptors (Lipinski definition) is 4. The molecule has 3 atom stereocenters. The van der Waals surface area contributed by atoms with E-state index in [-0.39, 0.29) is 18.3 Å². The fourth-order valence-electron chi connectivity index (χ4n) is 3.82. The molecule has 0 spiro atoms. The minimum atomic E-state index is -0.0897. The Hall–Kier alpha value is -2.46. The standard InChI is InChI=1S/C22H24O4/c1-13(2)16-10-15-18(25-16)12-20(24-4)21-19(23-3)11-17(26-22(15)21)14-8-6-5-7-9-14/h5-9,12,16-17,19H,1,10-11H2,2-4H3/t16?,17-,19+/m0/s1. The van der Waals surface area contributed by atoms with Crippen molar-refractivity contribution in [2.45, 2.75) is 38.1 Å². The highest BCUT2D eigenvalue weighted by Crippen LogP contribution is 2.53. The maximum Gasteiger partial charge on any atom is 0.136 e. The smallest absolute Gasteiger partial charge is 0.136 e. The van der Waals surface area contributed by atoms with Gasteiger partial charge in [0, 0.05) is 31.6 Å². The van der Waals surface area contributed by atoms with Crippen molar-refractivity contribution in [3.63, 3.8) is 0 Å². The molecular formula is C22H24O4. The van der Waals surface area contributed by atoms with Crippen molar-refractivity contribution in [2.75, 3.05) is 14.2 Å². The van der Waals surface area contributed by atoms with Crippen LogP contribution in [0.2, 0.25) is 0 Å². The summed E-state index contributed by atoms with van der Waals surface area (Å²) in [5, 5.41) is 0. The van der Waals surface area contributed by atoms with Gasteiger partial charge >= 0.3 is 0 Å². The van der Waals surface area contributed by atoms with Gasteiger partial charge in [-0.15, -0.1) is 0 Å². The molecule has 2 aliphatic rings. The highest BCUT2D eigenvalue weighted by atomic mass is 16.5. The topological polar surface area (TPSA) is 36.9 Å². The van der Waals surface area contributed by atoms with Crippen molar-refractivity contribution in [1.82, 2.24) is 0 Å². The van der Waals surface area contributed by atoms with Gasteiger partial charge in [-0.05, 0) is 18.1 Å². The third kappa shape index (κ3) is 2.74. The van der Waals surface area contributed by atoms with Crippen molar-refractivity contribution in [3.05, 3.63) is 65.2 Å². The van der Waals surface area contributed by atoms with E-state index in [1.165, 1.54) is 0 Å². The maximum absolute atomic E-state index is 6.49. The lowest BCUT2D eigenvalue weighted by Crippen LogP contribution is -2.22. The third-order valence-corrected chi connectivity index (χ3v) is 5.24. The van der Waals surface area contributed by atoms with Crippen LogP contribution in [0.25, 0.3) is 0 Å². The van der Waals surface area contributed by atoms with Crippen LogP contribution in [0.4, 0.5) is 0 Å². The first-order valence-corrected chi connectivity index (χ1v) is 8.92. The van der Waals surface area contributed by atoms with Gasteiger partial charge in [0.15, 0.2) is 0 Å². The minimum Gasteiger partial charge on any atom is -0.496 e. The Morgan fingerprint density at radius 3 is 2.58 bits per heavy atom. The molecule has 0 amide bonds. The monoisotopic (exact) mass is 352 g/mol. The van der Waals surface area contributed by atoms with Crippen molar-refractivity contribution >= 4 is 0 Å². The van der Waals surface area contributed by atoms with Crippen molar-refractivity contribution in [2.24, 2.45) is 0 Å². The second kappa shape index (κ2) is 6.69. The van der Waals surface area contributed by atoms with Crippen LogP contribution in [0.3, 0.4) is 0 Å². The highest BCUT2D eigenvalue weighted by Gasteiger charge is 2.38. The quantitative estimate of drug-likeness (QED) is 0.742. The number of ether oxygens (including phenoxy) is 4. The van der Waals surface area contributed by atoms with Crippen LogP contribution in [0.15, 0.2) is 48.6 Å². The molecule has 0 aliphatic carbocycles. The molecule has 0 radical (unpaired) electrons. The molecule has 26 heavy (non-hydrogen) atoms. The van der Waals surface area contributed by atoms with E-state index >= 15 is 0 Å². The van der Waals surface area contributed by atoms with E-state index in [1.54, 1.807) is 14.2 Å². The summed E-state index contributed by atoms with van der Waals surface area (Å²) in [6, 6.07) is 12.2. The van der Waals surface area contributed by atoms with E-state index in [9.17, 15) is 0 Å². The summed E-state index contributed by atoms with van der Waals surface area (Å²) in [4.78, 5) is 0. The van der Waals surface area contributed by atoms with Gasteiger partial charge in [0.05, 0.1) is 18.8 Å². The molecule has 0 N–H and O–H groups in total. The van der Waals surface area contributed by atoms with E-state index in [2.05, 4.69) is 18.7 Å². The Morgan fingerprint density at radius 2 is 1.92 bits per heavy atom. The van der Waals surface area contributed by atoms with Gasteiger partial charge in [0.25, 0.3) is 0 Å². The molecule has 0 aromatic heterocycles. The number of benzene rings is 2. The van der Waals surface area contributed by atoms with Crippen LogP contribution in [-0.2, 0) is 11.2 Å². The molecule has 0 bridgehead atoms. The van der Waals surface area contributed by atoms with Crippen LogP contribution in [-0.4, -0.2) is 20.3 Å². The van der Waals surface area contributed by atoms with Gasteiger partial charge in [-0.3, -0.25) is 0 Å². The van der Waals surface area contributed by atoms with E-state index in [4.69, 9.17) is 18.9 Å². The predicted octanol–water partition coefficient (Wildman–Crippen LogP) is 4.79. The molecule has 0 fully saturated rings. The summed E-state index contributed by atoms with van der Waals surface area (Å²) >= 11 is 0. The van der Waals surface area contributed by atoms with Crippen molar-refractivity contribution in [3.8, 4) is 17.2 Å². The second-order valence-electron chi connectivity index (χ2n) is 6.93. The fourth-order valence-corrected chi connectivity index (χ4v) is 3.82. The van der Waals surface area contributed by atoms with E-state index in [0.29, 0.717) is 0 Å². The molecule has 136 valence electrons. The summed E-state index contributed by atoms with van der Waals surface area (Å²) in [6.45, 7) is 6.04. The van der Waals surface area contributed by atoms with Crippen molar-refractivity contribution < 1.29 is 18.9 Å². The number of methoxy groups -OCH3 is 2. The Bertz CT molecular complexity index is 828. The number of rotatable bonds is 4. The fraction of sp³-hybridized carbons (Fsp3) is 0.364. The van der Waals surface area contributed by atoms with Gasteiger partial charge in [-0.25, -0.2) is 0 Å². The first kappa shape index (κ1) is 17.0. The zero-order chi connectivity index (χ0) is 18.3. The largest absolute Gasteiger partial charge is 0.496 e. The molecule has 0 saturated carbocycles. The summed E-state index contributed by atoms with van der Waals surface area (Å²) < 4.78 is 24.1. The Labute approximate surface area is 154 Å². The molecule has 1 unspecified atom stereocenters. The molecule has 2 aromatic carbocycles. The van der Waals surface area contributed by atoms with Gasteiger partial charge in [0.2, 0.25) is 0 Å². The molecule has 4 heteroatoms. The summed E-state index contributed by atoms with van der Waals surface area (Å²) in [5.41, 5.74) is 4.21. The van der Waals surface area contributed by atoms with Crippen molar-refractivity contribution in [1.29, 1.82) is 0 Å². The van der Waals surface area contributed by atoms with Crippen LogP contribution in [0.5, 0.6) is 17.2 Å². The van der Waals surface area contributed by atoms with Gasteiger partial charge < -0.3 is 18.9 Å². The maximum atomic E-state index is 6.49. The Balaban J connectivity index is 1.82.